The molecular formula is C12H20N4OS. The third-order valence-corrected chi connectivity index (χ3v) is 4.42. The summed E-state index contributed by atoms with van der Waals surface area (Å²) in [4.78, 5) is 16.1. The van der Waals surface area contributed by atoms with E-state index in [4.69, 9.17) is 0 Å². The average Bonchev–Trinajstić information content (AvgIpc) is 2.98. The van der Waals surface area contributed by atoms with Gasteiger partial charge in [0.15, 0.2) is 0 Å². The Morgan fingerprint density at radius 3 is 3.00 bits per heavy atom. The zero-order chi connectivity index (χ0) is 13.0. The van der Waals surface area contributed by atoms with Crippen molar-refractivity contribution >= 4 is 17.7 Å². The van der Waals surface area contributed by atoms with Crippen LogP contribution in [0.2, 0.25) is 0 Å². The summed E-state index contributed by atoms with van der Waals surface area (Å²) in [6.45, 7) is 4.15. The second-order valence-electron chi connectivity index (χ2n) is 4.52. The molecule has 0 spiro atoms. The van der Waals surface area contributed by atoms with Gasteiger partial charge in [-0.25, -0.2) is 4.98 Å². The number of carbonyl (C=O) groups excluding carboxylic acids is 1. The fraction of sp³-hybridized carbons (Fsp3) is 0.750. The molecule has 6 heteroatoms. The molecule has 1 aromatic heterocycles. The van der Waals surface area contributed by atoms with Crippen LogP contribution in [0.3, 0.4) is 0 Å². The van der Waals surface area contributed by atoms with E-state index in [2.05, 4.69) is 27.4 Å². The van der Waals surface area contributed by atoms with Gasteiger partial charge in [0, 0.05) is 17.7 Å². The molecule has 1 fully saturated rings. The highest BCUT2D eigenvalue weighted by atomic mass is 32.2. The molecule has 1 heterocycles. The van der Waals surface area contributed by atoms with E-state index in [0.29, 0.717) is 5.25 Å². The number of aryl methyl sites for hydroxylation is 1. The summed E-state index contributed by atoms with van der Waals surface area (Å²) in [6, 6.07) is 0.283. The maximum Gasteiger partial charge on any atom is 0.291 e. The standard InChI is InChI=1S/C12H20N4OS/c1-3-10-14-11(16-15-10)12(17)13-8-5-6-9(7-8)18-4-2/h8-9H,3-7H2,1-2H3,(H,13,17)(H,14,15,16). The van der Waals surface area contributed by atoms with Crippen LogP contribution >= 0.6 is 11.8 Å². The highest BCUT2D eigenvalue weighted by Crippen LogP contribution is 2.29. The summed E-state index contributed by atoms with van der Waals surface area (Å²) in [7, 11) is 0. The van der Waals surface area contributed by atoms with Gasteiger partial charge in [-0.2, -0.15) is 11.8 Å². The lowest BCUT2D eigenvalue weighted by Gasteiger charge is -2.11. The van der Waals surface area contributed by atoms with Gasteiger partial charge in [-0.05, 0) is 25.0 Å². The monoisotopic (exact) mass is 268 g/mol. The van der Waals surface area contributed by atoms with Gasteiger partial charge in [-0.15, -0.1) is 5.10 Å². The summed E-state index contributed by atoms with van der Waals surface area (Å²) >= 11 is 1.98. The summed E-state index contributed by atoms with van der Waals surface area (Å²) < 4.78 is 0. The number of H-pyrrole nitrogens is 1. The highest BCUT2D eigenvalue weighted by Gasteiger charge is 2.26. The predicted octanol–water partition coefficient (Wildman–Crippen LogP) is 1.77. The fourth-order valence-corrected chi connectivity index (χ4v) is 3.41. The van der Waals surface area contributed by atoms with Crippen molar-refractivity contribution in [2.45, 2.75) is 50.8 Å². The van der Waals surface area contributed by atoms with Crippen LogP contribution in [0, 0.1) is 0 Å². The Morgan fingerprint density at radius 1 is 1.50 bits per heavy atom. The number of nitrogens with zero attached hydrogens (tertiary/aromatic N) is 2. The fourth-order valence-electron chi connectivity index (χ4n) is 2.26. The van der Waals surface area contributed by atoms with Crippen molar-refractivity contribution in [1.29, 1.82) is 0 Å². The summed E-state index contributed by atoms with van der Waals surface area (Å²) in [5.41, 5.74) is 0. The van der Waals surface area contributed by atoms with Crippen LogP contribution in [0.5, 0.6) is 0 Å². The van der Waals surface area contributed by atoms with E-state index < -0.39 is 0 Å². The van der Waals surface area contributed by atoms with Crippen molar-refractivity contribution in [2.24, 2.45) is 0 Å². The number of thioether (sulfide) groups is 1. The molecule has 0 radical (unpaired) electrons. The molecule has 2 atom stereocenters. The largest absolute Gasteiger partial charge is 0.346 e. The van der Waals surface area contributed by atoms with Crippen molar-refractivity contribution in [3.05, 3.63) is 11.6 Å². The molecule has 1 aliphatic carbocycles. The van der Waals surface area contributed by atoms with E-state index in [9.17, 15) is 4.79 Å². The lowest BCUT2D eigenvalue weighted by molar-refractivity contribution is 0.0928. The number of carbonyl (C=O) groups is 1. The number of hydrogen-bond donors (Lipinski definition) is 2. The SMILES string of the molecule is CCSC1CCC(NC(=O)c2n[nH]c(CC)n2)C1. The molecule has 1 aromatic rings. The van der Waals surface area contributed by atoms with Gasteiger partial charge in [0.1, 0.15) is 5.82 Å². The molecule has 0 bridgehead atoms. The topological polar surface area (TPSA) is 70.7 Å². The van der Waals surface area contributed by atoms with Crippen LogP contribution in [0.1, 0.15) is 49.6 Å². The van der Waals surface area contributed by atoms with Gasteiger partial charge in [-0.3, -0.25) is 9.89 Å². The Morgan fingerprint density at radius 2 is 2.33 bits per heavy atom. The molecule has 18 heavy (non-hydrogen) atoms. The van der Waals surface area contributed by atoms with E-state index in [0.717, 1.165) is 30.8 Å². The van der Waals surface area contributed by atoms with Gasteiger partial charge < -0.3 is 5.32 Å². The quantitative estimate of drug-likeness (QED) is 0.854. The van der Waals surface area contributed by atoms with E-state index in [-0.39, 0.29) is 17.8 Å². The predicted molar refractivity (Wildman–Crippen MR) is 72.8 cm³/mol. The van der Waals surface area contributed by atoms with Crippen molar-refractivity contribution in [2.75, 3.05) is 5.75 Å². The molecule has 1 amide bonds. The summed E-state index contributed by atoms with van der Waals surface area (Å²) in [6.07, 6.45) is 4.08. The minimum absolute atomic E-state index is 0.155. The molecule has 0 saturated heterocycles. The Hall–Kier alpha value is -1.04. The van der Waals surface area contributed by atoms with E-state index in [1.54, 1.807) is 0 Å². The Balaban J connectivity index is 1.84. The number of amides is 1. The molecule has 2 unspecified atom stereocenters. The second-order valence-corrected chi connectivity index (χ2v) is 6.10. The lowest BCUT2D eigenvalue weighted by atomic mass is 10.2. The maximum absolute atomic E-state index is 11.9. The van der Waals surface area contributed by atoms with E-state index in [1.165, 1.54) is 6.42 Å². The zero-order valence-corrected chi connectivity index (χ0v) is 11.7. The number of hydrogen-bond acceptors (Lipinski definition) is 4. The highest BCUT2D eigenvalue weighted by molar-refractivity contribution is 7.99. The molecule has 1 saturated carbocycles. The smallest absolute Gasteiger partial charge is 0.291 e. The van der Waals surface area contributed by atoms with Gasteiger partial charge in [-0.1, -0.05) is 13.8 Å². The Labute approximate surface area is 112 Å². The number of rotatable bonds is 5. The van der Waals surface area contributed by atoms with Gasteiger partial charge >= 0.3 is 0 Å². The maximum atomic E-state index is 11.9. The van der Waals surface area contributed by atoms with E-state index in [1.807, 2.05) is 18.7 Å². The van der Waals surface area contributed by atoms with Crippen molar-refractivity contribution in [1.82, 2.24) is 20.5 Å². The van der Waals surface area contributed by atoms with Crippen molar-refractivity contribution in [3.8, 4) is 0 Å². The molecule has 5 nitrogen and oxygen atoms in total. The van der Waals surface area contributed by atoms with Gasteiger partial charge in [0.05, 0.1) is 0 Å². The normalized spacial score (nSPS) is 23.2. The van der Waals surface area contributed by atoms with E-state index >= 15 is 0 Å². The van der Waals surface area contributed by atoms with Crippen LogP contribution in [-0.4, -0.2) is 38.1 Å². The first-order valence-electron chi connectivity index (χ1n) is 6.56. The van der Waals surface area contributed by atoms with Crippen LogP contribution in [-0.2, 0) is 6.42 Å². The first-order chi connectivity index (χ1) is 8.72. The van der Waals surface area contributed by atoms with Crippen LogP contribution in [0.15, 0.2) is 0 Å². The first-order valence-corrected chi connectivity index (χ1v) is 7.61. The third-order valence-electron chi connectivity index (χ3n) is 3.19. The molecule has 2 N–H and O–H groups in total. The number of nitrogens with one attached hydrogen (secondary N) is 2. The van der Waals surface area contributed by atoms with Crippen LogP contribution < -0.4 is 5.32 Å². The minimum atomic E-state index is -0.155. The molecule has 0 aromatic carbocycles. The Bertz CT molecular complexity index is 407. The number of aromatic nitrogens is 3. The molecule has 0 aliphatic heterocycles. The molecular weight excluding hydrogens is 248 g/mol. The molecule has 100 valence electrons. The number of aromatic amines is 1. The summed E-state index contributed by atoms with van der Waals surface area (Å²) in [5.74, 6) is 2.01. The Kier molecular flexibility index (Phi) is 4.63. The first kappa shape index (κ1) is 13.4. The van der Waals surface area contributed by atoms with Gasteiger partial charge in [0.2, 0.25) is 5.82 Å². The second kappa shape index (κ2) is 6.22. The summed E-state index contributed by atoms with van der Waals surface area (Å²) in [5, 5.41) is 10.4. The lowest BCUT2D eigenvalue weighted by Crippen LogP contribution is -2.33. The minimum Gasteiger partial charge on any atom is -0.346 e. The van der Waals surface area contributed by atoms with Crippen LogP contribution in [0.25, 0.3) is 0 Å². The van der Waals surface area contributed by atoms with Crippen molar-refractivity contribution < 1.29 is 4.79 Å². The zero-order valence-electron chi connectivity index (χ0n) is 10.9. The van der Waals surface area contributed by atoms with Crippen LogP contribution in [0.4, 0.5) is 0 Å². The van der Waals surface area contributed by atoms with Crippen molar-refractivity contribution in [3.63, 3.8) is 0 Å². The van der Waals surface area contributed by atoms with Gasteiger partial charge in [0.25, 0.3) is 5.91 Å². The molecule has 2 rings (SSSR count). The third kappa shape index (κ3) is 3.25. The average molecular weight is 268 g/mol. The molecule has 1 aliphatic rings.